The number of hydrogen-bond donors (Lipinski definition) is 0. The first-order chi connectivity index (χ1) is 8.28. The molecule has 0 aromatic heterocycles. The van der Waals surface area contributed by atoms with Gasteiger partial charge in [0.1, 0.15) is 0 Å². The van der Waals surface area contributed by atoms with Gasteiger partial charge in [0.15, 0.2) is 0 Å². The lowest BCUT2D eigenvalue weighted by molar-refractivity contribution is -0.144. The van der Waals surface area contributed by atoms with E-state index in [9.17, 15) is 4.79 Å². The van der Waals surface area contributed by atoms with Crippen LogP contribution in [0.2, 0.25) is 0 Å². The fourth-order valence-corrected chi connectivity index (χ4v) is 4.19. The van der Waals surface area contributed by atoms with Crippen molar-refractivity contribution in [2.75, 3.05) is 25.0 Å². The van der Waals surface area contributed by atoms with Crippen LogP contribution in [0, 0.1) is 17.8 Å². The number of halogens is 1. The van der Waals surface area contributed by atoms with Gasteiger partial charge < -0.3 is 9.64 Å². The van der Waals surface area contributed by atoms with Gasteiger partial charge in [-0.1, -0.05) is 22.4 Å². The molecule has 3 nitrogen and oxygen atoms in total. The van der Waals surface area contributed by atoms with Crippen LogP contribution in [0.5, 0.6) is 0 Å². The second kappa shape index (κ2) is 4.88. The number of nitrogens with zero attached hydrogens (tertiary/aromatic N) is 1. The number of amides is 1. The van der Waals surface area contributed by atoms with Gasteiger partial charge in [-0.15, -0.1) is 0 Å². The third-order valence-electron chi connectivity index (χ3n) is 4.68. The predicted octanol–water partition coefficient (Wildman–Crippen LogP) is 2.04. The van der Waals surface area contributed by atoms with Crippen molar-refractivity contribution in [3.8, 4) is 0 Å². The maximum absolute atomic E-state index is 12.5. The van der Waals surface area contributed by atoms with E-state index in [0.717, 1.165) is 30.8 Å². The van der Waals surface area contributed by atoms with Crippen LogP contribution in [-0.2, 0) is 9.53 Å². The van der Waals surface area contributed by atoms with Gasteiger partial charge in [-0.25, -0.2) is 0 Å². The Labute approximate surface area is 111 Å². The van der Waals surface area contributed by atoms with Crippen LogP contribution in [0.4, 0.5) is 0 Å². The van der Waals surface area contributed by atoms with Crippen LogP contribution in [0.1, 0.15) is 25.7 Å². The first-order valence-corrected chi connectivity index (χ1v) is 7.86. The van der Waals surface area contributed by atoms with E-state index in [1.807, 2.05) is 4.90 Å². The highest BCUT2D eigenvalue weighted by Crippen LogP contribution is 2.48. The Hall–Kier alpha value is -0.0900. The first kappa shape index (κ1) is 12.0. The molecule has 3 rings (SSSR count). The van der Waals surface area contributed by atoms with E-state index >= 15 is 0 Å². The molecule has 96 valence electrons. The molecule has 0 N–H and O–H groups in total. The summed E-state index contributed by atoms with van der Waals surface area (Å²) < 4.78 is 5.59. The molecule has 2 aliphatic carbocycles. The van der Waals surface area contributed by atoms with Crippen molar-refractivity contribution in [1.82, 2.24) is 4.90 Å². The molecule has 3 fully saturated rings. The number of morpholine rings is 1. The maximum Gasteiger partial charge on any atom is 0.226 e. The summed E-state index contributed by atoms with van der Waals surface area (Å²) in [5, 5.41) is 0.827. The summed E-state index contributed by atoms with van der Waals surface area (Å²) in [6.07, 6.45) is 5.29. The smallest absolute Gasteiger partial charge is 0.226 e. The standard InChI is InChI=1S/C13H20BrNO2/c14-7-11-8-15(3-4-17-11)13(16)12-6-9-1-2-10(12)5-9/h9-12H,1-8H2. The number of fused-ring (bicyclic) bond motifs is 2. The van der Waals surface area contributed by atoms with Gasteiger partial charge in [0.2, 0.25) is 5.91 Å². The molecule has 4 unspecified atom stereocenters. The Morgan fingerprint density at radius 1 is 1.35 bits per heavy atom. The molecule has 4 heteroatoms. The average molecular weight is 302 g/mol. The van der Waals surface area contributed by atoms with Crippen LogP contribution in [0.15, 0.2) is 0 Å². The minimum Gasteiger partial charge on any atom is -0.374 e. The predicted molar refractivity (Wildman–Crippen MR) is 69.1 cm³/mol. The molecule has 2 saturated carbocycles. The zero-order valence-electron chi connectivity index (χ0n) is 10.1. The van der Waals surface area contributed by atoms with Crippen LogP contribution in [-0.4, -0.2) is 41.9 Å². The van der Waals surface area contributed by atoms with Crippen LogP contribution >= 0.6 is 15.9 Å². The largest absolute Gasteiger partial charge is 0.374 e. The molecule has 1 heterocycles. The Morgan fingerprint density at radius 3 is 2.88 bits per heavy atom. The highest BCUT2D eigenvalue weighted by molar-refractivity contribution is 9.09. The zero-order chi connectivity index (χ0) is 11.8. The van der Waals surface area contributed by atoms with Crippen molar-refractivity contribution in [2.45, 2.75) is 31.8 Å². The van der Waals surface area contributed by atoms with Crippen molar-refractivity contribution >= 4 is 21.8 Å². The van der Waals surface area contributed by atoms with E-state index in [2.05, 4.69) is 15.9 Å². The molecular weight excluding hydrogens is 282 g/mol. The number of rotatable bonds is 2. The number of carbonyl (C=O) groups excluding carboxylic acids is 1. The summed E-state index contributed by atoms with van der Waals surface area (Å²) in [4.78, 5) is 14.5. The van der Waals surface area contributed by atoms with Crippen LogP contribution < -0.4 is 0 Å². The minimum absolute atomic E-state index is 0.186. The van der Waals surface area contributed by atoms with Crippen LogP contribution in [0.3, 0.4) is 0 Å². The topological polar surface area (TPSA) is 29.5 Å². The molecule has 1 saturated heterocycles. The monoisotopic (exact) mass is 301 g/mol. The van der Waals surface area contributed by atoms with Crippen LogP contribution in [0.25, 0.3) is 0 Å². The van der Waals surface area contributed by atoms with Gasteiger partial charge in [-0.05, 0) is 31.1 Å². The Bertz CT molecular complexity index is 310. The van der Waals surface area contributed by atoms with E-state index in [-0.39, 0.29) is 6.10 Å². The van der Waals surface area contributed by atoms with Gasteiger partial charge in [-0.2, -0.15) is 0 Å². The molecule has 4 atom stereocenters. The molecule has 0 spiro atoms. The van der Waals surface area contributed by atoms with Crippen molar-refractivity contribution in [3.63, 3.8) is 0 Å². The minimum atomic E-state index is 0.186. The maximum atomic E-state index is 12.5. The van der Waals surface area contributed by atoms with E-state index in [0.29, 0.717) is 24.3 Å². The van der Waals surface area contributed by atoms with E-state index in [4.69, 9.17) is 4.74 Å². The zero-order valence-corrected chi connectivity index (χ0v) is 11.7. The average Bonchev–Trinajstić information content (AvgIpc) is 3.00. The second-order valence-electron chi connectivity index (χ2n) is 5.71. The van der Waals surface area contributed by atoms with E-state index < -0.39 is 0 Å². The molecule has 0 radical (unpaired) electrons. The Morgan fingerprint density at radius 2 is 2.24 bits per heavy atom. The molecule has 3 aliphatic rings. The summed E-state index contributed by atoms with van der Waals surface area (Å²) in [6, 6.07) is 0. The quantitative estimate of drug-likeness (QED) is 0.731. The van der Waals surface area contributed by atoms with Gasteiger partial charge >= 0.3 is 0 Å². The summed E-state index contributed by atoms with van der Waals surface area (Å²) >= 11 is 3.44. The number of ether oxygens (including phenoxy) is 1. The molecule has 17 heavy (non-hydrogen) atoms. The number of alkyl halides is 1. The normalized spacial score (nSPS) is 40.9. The third-order valence-corrected chi connectivity index (χ3v) is 5.40. The number of carbonyl (C=O) groups is 1. The first-order valence-electron chi connectivity index (χ1n) is 6.74. The fraction of sp³-hybridized carbons (Fsp3) is 0.923. The molecule has 1 amide bonds. The van der Waals surface area contributed by atoms with E-state index in [1.165, 1.54) is 19.3 Å². The number of hydrogen-bond acceptors (Lipinski definition) is 2. The van der Waals surface area contributed by atoms with Crippen molar-refractivity contribution in [3.05, 3.63) is 0 Å². The van der Waals surface area contributed by atoms with Gasteiger partial charge in [0, 0.05) is 24.3 Å². The molecule has 1 aliphatic heterocycles. The molecule has 2 bridgehead atoms. The van der Waals surface area contributed by atoms with E-state index in [1.54, 1.807) is 0 Å². The second-order valence-corrected chi connectivity index (χ2v) is 6.36. The lowest BCUT2D eigenvalue weighted by Gasteiger charge is -2.35. The fourth-order valence-electron chi connectivity index (χ4n) is 3.79. The molecular formula is C13H20BrNO2. The summed E-state index contributed by atoms with van der Waals surface area (Å²) in [7, 11) is 0. The summed E-state index contributed by atoms with van der Waals surface area (Å²) in [5.41, 5.74) is 0. The lowest BCUT2D eigenvalue weighted by Crippen LogP contribution is -2.49. The van der Waals surface area contributed by atoms with Crippen molar-refractivity contribution < 1.29 is 9.53 Å². The molecule has 0 aromatic carbocycles. The lowest BCUT2D eigenvalue weighted by atomic mass is 9.87. The van der Waals surface area contributed by atoms with Crippen molar-refractivity contribution in [1.29, 1.82) is 0 Å². The van der Waals surface area contributed by atoms with Gasteiger partial charge in [0.05, 0.1) is 12.7 Å². The molecule has 0 aromatic rings. The third kappa shape index (κ3) is 2.26. The summed E-state index contributed by atoms with van der Waals surface area (Å²) in [6.45, 7) is 2.26. The highest BCUT2D eigenvalue weighted by Gasteiger charge is 2.44. The highest BCUT2D eigenvalue weighted by atomic mass is 79.9. The SMILES string of the molecule is O=C(C1CC2CCC1C2)N1CCOC(CBr)C1. The van der Waals surface area contributed by atoms with Crippen molar-refractivity contribution in [2.24, 2.45) is 17.8 Å². The van der Waals surface area contributed by atoms with Gasteiger partial charge in [0.25, 0.3) is 0 Å². The Balaban J connectivity index is 1.62. The van der Waals surface area contributed by atoms with Gasteiger partial charge in [-0.3, -0.25) is 4.79 Å². The summed E-state index contributed by atoms with van der Waals surface area (Å²) in [5.74, 6) is 2.29. The Kier molecular flexibility index (Phi) is 3.44.